The second kappa shape index (κ2) is 5.41. The lowest BCUT2D eigenvalue weighted by molar-refractivity contribution is 0.559. The van der Waals surface area contributed by atoms with Crippen LogP contribution in [0.25, 0.3) is 11.0 Å². The van der Waals surface area contributed by atoms with Crippen molar-refractivity contribution in [1.82, 2.24) is 9.55 Å². The molecule has 3 aromatic rings. The molecular formula is C16H16N2O2S. The molecule has 0 saturated carbocycles. The van der Waals surface area contributed by atoms with E-state index in [-0.39, 0.29) is 5.63 Å². The topological polar surface area (TPSA) is 48.0 Å². The summed E-state index contributed by atoms with van der Waals surface area (Å²) in [5.74, 6) is 0.690. The van der Waals surface area contributed by atoms with Gasteiger partial charge in [-0.05, 0) is 42.7 Å². The molecule has 0 spiro atoms. The van der Waals surface area contributed by atoms with Gasteiger partial charge in [-0.2, -0.15) is 0 Å². The number of hydrogen-bond donors (Lipinski definition) is 0. The molecule has 5 heteroatoms. The number of rotatable bonds is 3. The Bertz CT molecular complexity index is 864. The Morgan fingerprint density at radius 1 is 1.24 bits per heavy atom. The molecule has 2 heterocycles. The van der Waals surface area contributed by atoms with E-state index < -0.39 is 0 Å². The molecule has 0 aliphatic carbocycles. The molecule has 0 bridgehead atoms. The first-order chi connectivity index (χ1) is 10.0. The summed E-state index contributed by atoms with van der Waals surface area (Å²) in [6.07, 6.45) is 3.68. The Kier molecular flexibility index (Phi) is 3.59. The van der Waals surface area contributed by atoms with E-state index in [1.165, 1.54) is 5.56 Å². The number of imidazole rings is 1. The smallest absolute Gasteiger partial charge is 0.336 e. The van der Waals surface area contributed by atoms with Crippen molar-refractivity contribution in [2.24, 2.45) is 7.05 Å². The maximum absolute atomic E-state index is 11.7. The number of aryl methyl sites for hydroxylation is 3. The van der Waals surface area contributed by atoms with Crippen molar-refractivity contribution in [3.05, 3.63) is 57.7 Å². The van der Waals surface area contributed by atoms with Crippen LogP contribution < -0.4 is 5.63 Å². The van der Waals surface area contributed by atoms with E-state index in [1.807, 2.05) is 30.8 Å². The lowest BCUT2D eigenvalue weighted by Gasteiger charge is -2.08. The van der Waals surface area contributed by atoms with Gasteiger partial charge in [0.1, 0.15) is 5.58 Å². The molecule has 0 atom stereocenters. The first-order valence-corrected chi connectivity index (χ1v) is 7.67. The fraction of sp³-hybridized carbons (Fsp3) is 0.250. The Labute approximate surface area is 126 Å². The highest BCUT2D eigenvalue weighted by Gasteiger charge is 2.09. The van der Waals surface area contributed by atoms with E-state index in [0.717, 1.165) is 21.7 Å². The van der Waals surface area contributed by atoms with Gasteiger partial charge in [0.2, 0.25) is 0 Å². The molecule has 0 aliphatic rings. The minimum absolute atomic E-state index is 0.304. The Hall–Kier alpha value is -2.01. The fourth-order valence-corrected chi connectivity index (χ4v) is 3.16. The zero-order valence-electron chi connectivity index (χ0n) is 12.2. The molecular weight excluding hydrogens is 284 g/mol. The number of aromatic nitrogens is 2. The van der Waals surface area contributed by atoms with Crippen molar-refractivity contribution in [1.29, 1.82) is 0 Å². The molecule has 0 saturated heterocycles. The molecule has 0 amide bonds. The van der Waals surface area contributed by atoms with Crippen molar-refractivity contribution in [2.45, 2.75) is 24.8 Å². The minimum Gasteiger partial charge on any atom is -0.423 e. The molecule has 0 unspecified atom stereocenters. The van der Waals surface area contributed by atoms with Gasteiger partial charge in [0.15, 0.2) is 5.16 Å². The van der Waals surface area contributed by atoms with Gasteiger partial charge in [0.05, 0.1) is 0 Å². The average Bonchev–Trinajstić information content (AvgIpc) is 2.83. The van der Waals surface area contributed by atoms with Crippen molar-refractivity contribution in [3.8, 4) is 0 Å². The van der Waals surface area contributed by atoms with Gasteiger partial charge in [-0.15, -0.1) is 0 Å². The van der Waals surface area contributed by atoms with E-state index in [4.69, 9.17) is 4.42 Å². The monoisotopic (exact) mass is 300 g/mol. The first kappa shape index (κ1) is 13.9. The minimum atomic E-state index is -0.304. The number of nitrogens with zero attached hydrogens (tertiary/aromatic N) is 2. The largest absolute Gasteiger partial charge is 0.423 e. The molecule has 0 aliphatic heterocycles. The molecule has 108 valence electrons. The molecule has 21 heavy (non-hydrogen) atoms. The quantitative estimate of drug-likeness (QED) is 0.549. The summed E-state index contributed by atoms with van der Waals surface area (Å²) in [6, 6.07) is 5.59. The van der Waals surface area contributed by atoms with Crippen LogP contribution in [0.4, 0.5) is 0 Å². The summed E-state index contributed by atoms with van der Waals surface area (Å²) in [7, 11) is 1.96. The third kappa shape index (κ3) is 2.74. The number of thioether (sulfide) groups is 1. The molecule has 1 aromatic carbocycles. The summed E-state index contributed by atoms with van der Waals surface area (Å²) >= 11 is 1.61. The normalized spacial score (nSPS) is 11.2. The fourth-order valence-electron chi connectivity index (χ4n) is 2.24. The van der Waals surface area contributed by atoms with Gasteiger partial charge in [-0.25, -0.2) is 9.78 Å². The third-order valence-corrected chi connectivity index (χ3v) is 4.69. The maximum atomic E-state index is 11.7. The van der Waals surface area contributed by atoms with Gasteiger partial charge in [-0.3, -0.25) is 0 Å². The van der Waals surface area contributed by atoms with E-state index in [0.29, 0.717) is 11.3 Å². The lowest BCUT2D eigenvalue weighted by Crippen LogP contribution is -2.01. The second-order valence-electron chi connectivity index (χ2n) is 5.13. The number of fused-ring (bicyclic) bond motifs is 1. The van der Waals surface area contributed by atoms with Gasteiger partial charge >= 0.3 is 5.63 Å². The van der Waals surface area contributed by atoms with E-state index in [1.54, 1.807) is 24.0 Å². The first-order valence-electron chi connectivity index (χ1n) is 6.68. The van der Waals surface area contributed by atoms with Crippen LogP contribution in [0.5, 0.6) is 0 Å². The van der Waals surface area contributed by atoms with Crippen LogP contribution in [0.3, 0.4) is 0 Å². The van der Waals surface area contributed by atoms with E-state index in [9.17, 15) is 4.79 Å². The van der Waals surface area contributed by atoms with Gasteiger partial charge in [0.25, 0.3) is 0 Å². The van der Waals surface area contributed by atoms with Crippen LogP contribution in [-0.4, -0.2) is 9.55 Å². The predicted octanol–water partition coefficient (Wildman–Crippen LogP) is 3.44. The molecule has 3 rings (SSSR count). The van der Waals surface area contributed by atoms with Crippen LogP contribution in [0, 0.1) is 13.8 Å². The highest BCUT2D eigenvalue weighted by molar-refractivity contribution is 7.98. The predicted molar refractivity (Wildman–Crippen MR) is 84.7 cm³/mol. The Balaban J connectivity index is 2.03. The summed E-state index contributed by atoms with van der Waals surface area (Å²) < 4.78 is 7.28. The van der Waals surface area contributed by atoms with E-state index >= 15 is 0 Å². The van der Waals surface area contributed by atoms with Crippen LogP contribution >= 0.6 is 11.8 Å². The zero-order chi connectivity index (χ0) is 15.0. The van der Waals surface area contributed by atoms with Gasteiger partial charge < -0.3 is 8.98 Å². The van der Waals surface area contributed by atoms with Crippen LogP contribution in [0.2, 0.25) is 0 Å². The SMILES string of the molecule is Cc1cc2oc(=O)cc(CSc3nccn3C)c2cc1C. The Morgan fingerprint density at radius 3 is 2.71 bits per heavy atom. The van der Waals surface area contributed by atoms with Crippen molar-refractivity contribution < 1.29 is 4.42 Å². The number of benzene rings is 1. The average molecular weight is 300 g/mol. The molecule has 0 fully saturated rings. The molecule has 2 aromatic heterocycles. The Morgan fingerprint density at radius 2 is 2.00 bits per heavy atom. The summed E-state index contributed by atoms with van der Waals surface area (Å²) in [5.41, 5.74) is 3.65. The standard InChI is InChI=1S/C16H16N2O2S/c1-10-6-13-12(9-21-16-17-4-5-18(16)3)8-15(19)20-14(13)7-11(10)2/h4-8H,9H2,1-3H3. The van der Waals surface area contributed by atoms with Crippen LogP contribution in [0.1, 0.15) is 16.7 Å². The second-order valence-corrected chi connectivity index (χ2v) is 6.08. The summed E-state index contributed by atoms with van der Waals surface area (Å²) in [4.78, 5) is 16.0. The third-order valence-electron chi connectivity index (χ3n) is 3.58. The molecule has 0 N–H and O–H groups in total. The highest BCUT2D eigenvalue weighted by Crippen LogP contribution is 2.27. The lowest BCUT2D eigenvalue weighted by atomic mass is 10.0. The van der Waals surface area contributed by atoms with E-state index in [2.05, 4.69) is 18.0 Å². The van der Waals surface area contributed by atoms with Gasteiger partial charge in [-0.1, -0.05) is 11.8 Å². The molecule has 0 radical (unpaired) electrons. The zero-order valence-corrected chi connectivity index (χ0v) is 13.0. The van der Waals surface area contributed by atoms with Crippen LogP contribution in [-0.2, 0) is 12.8 Å². The van der Waals surface area contributed by atoms with Gasteiger partial charge in [0, 0.05) is 36.6 Å². The summed E-state index contributed by atoms with van der Waals surface area (Å²) in [5, 5.41) is 1.93. The van der Waals surface area contributed by atoms with Crippen molar-refractivity contribution >= 4 is 22.7 Å². The van der Waals surface area contributed by atoms with Crippen molar-refractivity contribution in [2.75, 3.05) is 0 Å². The maximum Gasteiger partial charge on any atom is 0.336 e. The summed E-state index contributed by atoms with van der Waals surface area (Å²) in [6.45, 7) is 4.08. The number of hydrogen-bond acceptors (Lipinski definition) is 4. The highest BCUT2D eigenvalue weighted by atomic mass is 32.2. The van der Waals surface area contributed by atoms with Crippen molar-refractivity contribution in [3.63, 3.8) is 0 Å². The van der Waals surface area contributed by atoms with Crippen LogP contribution in [0.15, 0.2) is 45.0 Å². The molecule has 4 nitrogen and oxygen atoms in total.